The molecule has 3 heterocycles. The molecule has 1 N–H and O–H groups in total. The Morgan fingerprint density at radius 1 is 1.12 bits per heavy atom. The summed E-state index contributed by atoms with van der Waals surface area (Å²) >= 11 is 0. The number of rotatable bonds is 4. The van der Waals surface area contributed by atoms with Crippen LogP contribution >= 0.6 is 0 Å². The van der Waals surface area contributed by atoms with Crippen LogP contribution in [0.15, 0.2) is 53.7 Å². The smallest absolute Gasteiger partial charge is 0.433 e. The molecule has 9 heteroatoms. The van der Waals surface area contributed by atoms with E-state index in [2.05, 4.69) is 20.3 Å². The first-order chi connectivity index (χ1) is 11.9. The van der Waals surface area contributed by atoms with Gasteiger partial charge in [0, 0.05) is 24.2 Å². The molecule has 3 aromatic heterocycles. The van der Waals surface area contributed by atoms with Gasteiger partial charge in [0.2, 0.25) is 0 Å². The summed E-state index contributed by atoms with van der Waals surface area (Å²) < 4.78 is 42.5. The highest BCUT2D eigenvalue weighted by molar-refractivity contribution is 5.93. The maximum atomic E-state index is 12.5. The quantitative estimate of drug-likeness (QED) is 0.784. The van der Waals surface area contributed by atoms with E-state index >= 15 is 0 Å². The maximum Gasteiger partial charge on any atom is 0.433 e. The number of carbonyl (C=O) groups excluding carboxylic acids is 1. The molecule has 25 heavy (non-hydrogen) atoms. The molecule has 0 saturated heterocycles. The lowest BCUT2D eigenvalue weighted by Crippen LogP contribution is -2.24. The lowest BCUT2D eigenvalue weighted by Gasteiger charge is -2.09. The van der Waals surface area contributed by atoms with Crippen molar-refractivity contribution < 1.29 is 22.4 Å². The van der Waals surface area contributed by atoms with Crippen LogP contribution in [0, 0.1) is 0 Å². The van der Waals surface area contributed by atoms with Crippen LogP contribution in [0.5, 0.6) is 0 Å². The monoisotopic (exact) mass is 348 g/mol. The Labute approximate surface area is 139 Å². The van der Waals surface area contributed by atoms with E-state index in [1.807, 2.05) is 0 Å². The third kappa shape index (κ3) is 3.82. The van der Waals surface area contributed by atoms with Gasteiger partial charge in [-0.15, -0.1) is 0 Å². The summed E-state index contributed by atoms with van der Waals surface area (Å²) in [6.07, 6.45) is 2.30. The molecule has 0 aliphatic rings. The largest absolute Gasteiger partial charge is 0.472 e. The predicted molar refractivity (Wildman–Crippen MR) is 80.1 cm³/mol. The Hall–Kier alpha value is -3.23. The van der Waals surface area contributed by atoms with E-state index in [-0.39, 0.29) is 12.1 Å². The fourth-order valence-electron chi connectivity index (χ4n) is 2.10. The first-order valence-electron chi connectivity index (χ1n) is 7.09. The van der Waals surface area contributed by atoms with Gasteiger partial charge in [-0.25, -0.2) is 0 Å². The van der Waals surface area contributed by atoms with Crippen molar-refractivity contribution in [1.29, 1.82) is 0 Å². The second kappa shape index (κ2) is 6.71. The van der Waals surface area contributed by atoms with Crippen molar-refractivity contribution in [2.75, 3.05) is 0 Å². The van der Waals surface area contributed by atoms with Crippen molar-refractivity contribution in [3.8, 4) is 11.3 Å². The lowest BCUT2D eigenvalue weighted by atomic mass is 10.2. The van der Waals surface area contributed by atoms with Crippen LogP contribution in [-0.4, -0.2) is 20.9 Å². The van der Waals surface area contributed by atoms with Gasteiger partial charge in [0.15, 0.2) is 0 Å². The molecule has 3 rings (SSSR count). The average molecular weight is 348 g/mol. The van der Waals surface area contributed by atoms with E-state index in [9.17, 15) is 18.0 Å². The van der Waals surface area contributed by atoms with Crippen LogP contribution < -0.4 is 5.32 Å². The number of alkyl halides is 3. The molecule has 0 atom stereocenters. The number of furan rings is 1. The fraction of sp³-hybridized carbons (Fsp3) is 0.125. The van der Waals surface area contributed by atoms with Gasteiger partial charge >= 0.3 is 6.18 Å². The minimum absolute atomic E-state index is 0.0155. The standard InChI is InChI=1S/C16H11F3N4O2/c17-16(18,19)13-2-1-10(7-22-13)15(24)23-8-12-14(21-5-4-20-12)11-3-6-25-9-11/h1-7,9H,8H2,(H,23,24). The number of hydrogen-bond acceptors (Lipinski definition) is 5. The van der Waals surface area contributed by atoms with Crippen molar-refractivity contribution in [3.05, 3.63) is 66.3 Å². The molecular formula is C16H11F3N4O2. The third-order valence-electron chi connectivity index (χ3n) is 3.30. The van der Waals surface area contributed by atoms with Crippen LogP contribution in [0.2, 0.25) is 0 Å². The Morgan fingerprint density at radius 3 is 2.56 bits per heavy atom. The molecule has 3 aromatic rings. The van der Waals surface area contributed by atoms with Crippen LogP contribution in [-0.2, 0) is 12.7 Å². The Morgan fingerprint density at radius 2 is 1.92 bits per heavy atom. The number of aromatic nitrogens is 3. The highest BCUT2D eigenvalue weighted by Gasteiger charge is 2.32. The van der Waals surface area contributed by atoms with E-state index < -0.39 is 17.8 Å². The van der Waals surface area contributed by atoms with Crippen molar-refractivity contribution in [1.82, 2.24) is 20.3 Å². The molecule has 0 aliphatic carbocycles. The minimum atomic E-state index is -4.55. The number of nitrogens with one attached hydrogen (secondary N) is 1. The van der Waals surface area contributed by atoms with E-state index in [0.717, 1.165) is 18.3 Å². The normalized spacial score (nSPS) is 11.3. The number of pyridine rings is 1. The second-order valence-corrected chi connectivity index (χ2v) is 4.98. The molecule has 6 nitrogen and oxygen atoms in total. The van der Waals surface area contributed by atoms with Crippen LogP contribution in [0.25, 0.3) is 11.3 Å². The molecule has 0 fully saturated rings. The first kappa shape index (κ1) is 16.6. The first-order valence-corrected chi connectivity index (χ1v) is 7.09. The number of nitrogens with zero attached hydrogens (tertiary/aromatic N) is 3. The van der Waals surface area contributed by atoms with E-state index in [4.69, 9.17) is 4.42 Å². The van der Waals surface area contributed by atoms with Gasteiger partial charge in [0.1, 0.15) is 5.69 Å². The molecule has 0 aromatic carbocycles. The van der Waals surface area contributed by atoms with Gasteiger partial charge in [-0.2, -0.15) is 13.2 Å². The predicted octanol–water partition coefficient (Wildman–Crippen LogP) is 3.08. The molecule has 0 aliphatic heterocycles. The van der Waals surface area contributed by atoms with Crippen molar-refractivity contribution in [2.24, 2.45) is 0 Å². The molecule has 1 amide bonds. The second-order valence-electron chi connectivity index (χ2n) is 4.98. The number of carbonyl (C=O) groups is 1. The van der Waals surface area contributed by atoms with Crippen LogP contribution in [0.4, 0.5) is 13.2 Å². The zero-order chi connectivity index (χ0) is 17.9. The molecular weight excluding hydrogens is 337 g/mol. The molecule has 0 saturated carbocycles. The maximum absolute atomic E-state index is 12.5. The van der Waals surface area contributed by atoms with Gasteiger partial charge in [-0.1, -0.05) is 0 Å². The summed E-state index contributed by atoms with van der Waals surface area (Å²) in [6, 6.07) is 3.53. The lowest BCUT2D eigenvalue weighted by molar-refractivity contribution is -0.141. The highest BCUT2D eigenvalue weighted by atomic mass is 19.4. The van der Waals surface area contributed by atoms with Crippen molar-refractivity contribution >= 4 is 5.91 Å². The summed E-state index contributed by atoms with van der Waals surface area (Å²) in [5.74, 6) is -0.565. The minimum Gasteiger partial charge on any atom is -0.472 e. The summed E-state index contributed by atoms with van der Waals surface area (Å²) in [5.41, 5.74) is 0.703. The molecule has 0 unspecified atom stereocenters. The van der Waals surface area contributed by atoms with E-state index in [1.54, 1.807) is 6.07 Å². The van der Waals surface area contributed by atoms with E-state index in [1.165, 1.54) is 24.9 Å². The van der Waals surface area contributed by atoms with Gasteiger partial charge in [0.25, 0.3) is 5.91 Å². The SMILES string of the molecule is O=C(NCc1nccnc1-c1ccoc1)c1ccc(C(F)(F)F)nc1. The zero-order valence-electron chi connectivity index (χ0n) is 12.6. The van der Waals surface area contributed by atoms with Crippen molar-refractivity contribution in [3.63, 3.8) is 0 Å². The fourth-order valence-corrected chi connectivity index (χ4v) is 2.10. The Balaban J connectivity index is 1.71. The third-order valence-corrected chi connectivity index (χ3v) is 3.30. The number of hydrogen-bond donors (Lipinski definition) is 1. The average Bonchev–Trinajstić information content (AvgIpc) is 3.14. The number of halogens is 3. The summed E-state index contributed by atoms with van der Waals surface area (Å²) in [4.78, 5) is 23.7. The molecule has 0 bridgehead atoms. The Kier molecular flexibility index (Phi) is 4.46. The molecule has 0 spiro atoms. The summed E-state index contributed by atoms with van der Waals surface area (Å²) in [7, 11) is 0. The van der Waals surface area contributed by atoms with Gasteiger partial charge in [-0.05, 0) is 18.2 Å². The van der Waals surface area contributed by atoms with Crippen molar-refractivity contribution in [2.45, 2.75) is 12.7 Å². The number of amides is 1. The summed E-state index contributed by atoms with van der Waals surface area (Å²) in [6.45, 7) is 0.0498. The summed E-state index contributed by atoms with van der Waals surface area (Å²) in [5, 5.41) is 2.58. The zero-order valence-corrected chi connectivity index (χ0v) is 12.6. The van der Waals surface area contributed by atoms with Gasteiger partial charge in [-0.3, -0.25) is 19.7 Å². The molecule has 128 valence electrons. The molecule has 0 radical (unpaired) electrons. The highest BCUT2D eigenvalue weighted by Crippen LogP contribution is 2.27. The van der Waals surface area contributed by atoms with Gasteiger partial charge < -0.3 is 9.73 Å². The van der Waals surface area contributed by atoms with Crippen LogP contribution in [0.1, 0.15) is 21.7 Å². The van der Waals surface area contributed by atoms with Crippen LogP contribution in [0.3, 0.4) is 0 Å². The van der Waals surface area contributed by atoms with Gasteiger partial charge in [0.05, 0.1) is 36.0 Å². The van der Waals surface area contributed by atoms with E-state index in [0.29, 0.717) is 17.0 Å². The Bertz CT molecular complexity index is 862. The topological polar surface area (TPSA) is 80.9 Å².